The molecule has 0 atom stereocenters. The lowest BCUT2D eigenvalue weighted by atomic mass is 10.0. The number of rotatable bonds is 7. The molecule has 7 heteroatoms. The molecule has 0 aliphatic carbocycles. The fourth-order valence-electron chi connectivity index (χ4n) is 8.83. The normalized spacial score (nSPS) is 11.5. The van der Waals surface area contributed by atoms with E-state index in [2.05, 4.69) is 124 Å². The first-order valence-corrected chi connectivity index (χ1v) is 20.7. The van der Waals surface area contributed by atoms with E-state index in [1.165, 1.54) is 0 Å². The van der Waals surface area contributed by atoms with Crippen LogP contribution in [-0.2, 0) is 0 Å². The number of para-hydroxylation sites is 3. The van der Waals surface area contributed by atoms with E-state index in [0.717, 1.165) is 88.5 Å². The van der Waals surface area contributed by atoms with Crippen molar-refractivity contribution in [1.29, 1.82) is 0 Å². The zero-order chi connectivity index (χ0) is 41.0. The second kappa shape index (κ2) is 14.6. The number of fused-ring (bicyclic) bond motifs is 7. The lowest BCUT2D eigenvalue weighted by Gasteiger charge is -2.15. The molecule has 0 saturated carbocycles. The van der Waals surface area contributed by atoms with Gasteiger partial charge in [0.15, 0.2) is 17.5 Å². The number of hydrogen-bond acceptors (Lipinski definition) is 5. The maximum Gasteiger partial charge on any atom is 0.238 e. The standard InChI is InChI=1S/C55H35N7/c1-5-19-36(20-6-1)43-35-44(57-52(56-43)37-21-7-2-8-22-37)40-27-13-16-30-45(40)61-46-31-17-14-28-41(46)50-48(61)33-34-49-51(50)42-29-15-18-32-47(42)62(49)55-59-53(38-23-9-3-10-24-38)58-54(60-55)39-25-11-4-12-26-39/h1-35H. The molecule has 0 aliphatic heterocycles. The van der Waals surface area contributed by atoms with Crippen molar-refractivity contribution in [2.75, 3.05) is 0 Å². The molecule has 0 amide bonds. The Hall–Kier alpha value is -8.55. The highest BCUT2D eigenvalue weighted by atomic mass is 15.2. The smallest absolute Gasteiger partial charge is 0.238 e. The van der Waals surface area contributed by atoms with Crippen molar-refractivity contribution in [3.05, 3.63) is 212 Å². The van der Waals surface area contributed by atoms with Crippen LogP contribution in [0.2, 0.25) is 0 Å². The summed E-state index contributed by atoms with van der Waals surface area (Å²) in [4.78, 5) is 25.8. The summed E-state index contributed by atoms with van der Waals surface area (Å²) in [5, 5.41) is 4.55. The van der Waals surface area contributed by atoms with Crippen molar-refractivity contribution in [3.8, 4) is 68.3 Å². The zero-order valence-electron chi connectivity index (χ0n) is 33.3. The van der Waals surface area contributed by atoms with Crippen LogP contribution in [0.1, 0.15) is 0 Å². The molecule has 4 heterocycles. The van der Waals surface area contributed by atoms with Crippen LogP contribution in [0.4, 0.5) is 0 Å². The Labute approximate surface area is 356 Å². The van der Waals surface area contributed by atoms with E-state index in [1.807, 2.05) is 97.1 Å². The molecule has 12 rings (SSSR count). The van der Waals surface area contributed by atoms with Crippen LogP contribution in [0.15, 0.2) is 212 Å². The van der Waals surface area contributed by atoms with Crippen molar-refractivity contribution in [2.45, 2.75) is 0 Å². The van der Waals surface area contributed by atoms with E-state index in [-0.39, 0.29) is 0 Å². The van der Waals surface area contributed by atoms with Gasteiger partial charge in [0.2, 0.25) is 5.95 Å². The van der Waals surface area contributed by atoms with Gasteiger partial charge in [-0.1, -0.05) is 176 Å². The second-order valence-corrected chi connectivity index (χ2v) is 15.3. The Bertz CT molecular complexity index is 3500. The van der Waals surface area contributed by atoms with Crippen LogP contribution < -0.4 is 0 Å². The maximum absolute atomic E-state index is 5.27. The molecule has 0 bridgehead atoms. The fraction of sp³-hybridized carbons (Fsp3) is 0. The van der Waals surface area contributed by atoms with Gasteiger partial charge in [0.05, 0.1) is 39.1 Å². The van der Waals surface area contributed by atoms with E-state index in [9.17, 15) is 0 Å². The van der Waals surface area contributed by atoms with E-state index < -0.39 is 0 Å². The third-order valence-corrected chi connectivity index (χ3v) is 11.6. The zero-order valence-corrected chi connectivity index (χ0v) is 33.3. The molecule has 0 N–H and O–H groups in total. The van der Waals surface area contributed by atoms with Gasteiger partial charge in [0, 0.05) is 49.4 Å². The van der Waals surface area contributed by atoms with Gasteiger partial charge in [-0.3, -0.25) is 4.57 Å². The van der Waals surface area contributed by atoms with E-state index >= 15 is 0 Å². The van der Waals surface area contributed by atoms with Gasteiger partial charge in [0.1, 0.15) is 0 Å². The summed E-state index contributed by atoms with van der Waals surface area (Å²) in [5.74, 6) is 2.47. The monoisotopic (exact) mass is 793 g/mol. The van der Waals surface area contributed by atoms with Crippen LogP contribution in [0.5, 0.6) is 0 Å². The molecule has 7 nitrogen and oxygen atoms in total. The molecule has 4 aromatic heterocycles. The molecule has 0 fully saturated rings. The molecule has 0 aliphatic rings. The Morgan fingerprint density at radius 2 is 0.710 bits per heavy atom. The summed E-state index contributed by atoms with van der Waals surface area (Å²) in [6.07, 6.45) is 0. The number of hydrogen-bond donors (Lipinski definition) is 0. The van der Waals surface area contributed by atoms with Crippen molar-refractivity contribution >= 4 is 43.6 Å². The van der Waals surface area contributed by atoms with Crippen LogP contribution in [0, 0.1) is 0 Å². The Morgan fingerprint density at radius 3 is 1.27 bits per heavy atom. The molecule has 0 radical (unpaired) electrons. The third kappa shape index (κ3) is 5.86. The lowest BCUT2D eigenvalue weighted by Crippen LogP contribution is -2.06. The molecule has 0 saturated heterocycles. The first-order chi connectivity index (χ1) is 30.8. The highest BCUT2D eigenvalue weighted by molar-refractivity contribution is 6.29. The van der Waals surface area contributed by atoms with Gasteiger partial charge in [-0.25, -0.2) is 15.0 Å². The van der Waals surface area contributed by atoms with E-state index in [0.29, 0.717) is 23.4 Å². The first kappa shape index (κ1) is 35.4. The largest absolute Gasteiger partial charge is 0.309 e. The second-order valence-electron chi connectivity index (χ2n) is 15.3. The summed E-state index contributed by atoms with van der Waals surface area (Å²) < 4.78 is 4.59. The summed E-state index contributed by atoms with van der Waals surface area (Å²) >= 11 is 0. The molecule has 290 valence electrons. The quantitative estimate of drug-likeness (QED) is 0.161. The average Bonchev–Trinajstić information content (AvgIpc) is 3.88. The highest BCUT2D eigenvalue weighted by Gasteiger charge is 2.24. The van der Waals surface area contributed by atoms with Gasteiger partial charge in [-0.05, 0) is 36.4 Å². The SMILES string of the molecule is c1ccc(-c2cc(-c3ccccc3-n3c4ccccc4c4c5c6ccccc6n(-c6nc(-c7ccccc7)nc(-c7ccccc7)n6)c5ccc43)nc(-c3ccccc3)n2)cc1. The average molecular weight is 794 g/mol. The van der Waals surface area contributed by atoms with Gasteiger partial charge >= 0.3 is 0 Å². The number of benzene rings is 8. The van der Waals surface area contributed by atoms with Crippen LogP contribution in [-0.4, -0.2) is 34.1 Å². The number of aromatic nitrogens is 7. The minimum absolute atomic E-state index is 0.560. The van der Waals surface area contributed by atoms with Crippen molar-refractivity contribution in [3.63, 3.8) is 0 Å². The molecule has 0 spiro atoms. The Balaban J connectivity index is 1.12. The summed E-state index contributed by atoms with van der Waals surface area (Å²) in [7, 11) is 0. The summed E-state index contributed by atoms with van der Waals surface area (Å²) in [6.45, 7) is 0. The predicted octanol–water partition coefficient (Wildman–Crippen LogP) is 13.2. The molecular formula is C55H35N7. The molecular weight excluding hydrogens is 759 g/mol. The van der Waals surface area contributed by atoms with E-state index in [4.69, 9.17) is 24.9 Å². The van der Waals surface area contributed by atoms with E-state index in [1.54, 1.807) is 0 Å². The maximum atomic E-state index is 5.27. The number of nitrogens with zero attached hydrogens (tertiary/aromatic N) is 7. The van der Waals surface area contributed by atoms with Gasteiger partial charge in [0.25, 0.3) is 0 Å². The molecule has 62 heavy (non-hydrogen) atoms. The minimum Gasteiger partial charge on any atom is -0.309 e. The summed E-state index contributed by atoms with van der Waals surface area (Å²) in [6, 6.07) is 73.2. The first-order valence-electron chi connectivity index (χ1n) is 20.7. The Kier molecular flexibility index (Phi) is 8.35. The topological polar surface area (TPSA) is 74.3 Å². The van der Waals surface area contributed by atoms with Crippen molar-refractivity contribution in [2.24, 2.45) is 0 Å². The lowest BCUT2D eigenvalue weighted by molar-refractivity contribution is 0.953. The van der Waals surface area contributed by atoms with Gasteiger partial charge < -0.3 is 4.57 Å². The minimum atomic E-state index is 0.560. The molecule has 0 unspecified atom stereocenters. The third-order valence-electron chi connectivity index (χ3n) is 11.6. The van der Waals surface area contributed by atoms with Gasteiger partial charge in [-0.15, -0.1) is 0 Å². The highest BCUT2D eigenvalue weighted by Crippen LogP contribution is 2.43. The predicted molar refractivity (Wildman–Crippen MR) is 251 cm³/mol. The van der Waals surface area contributed by atoms with Gasteiger partial charge in [-0.2, -0.15) is 9.97 Å². The fourth-order valence-corrected chi connectivity index (χ4v) is 8.83. The Morgan fingerprint density at radius 1 is 0.290 bits per heavy atom. The van der Waals surface area contributed by atoms with Crippen molar-refractivity contribution < 1.29 is 0 Å². The van der Waals surface area contributed by atoms with Crippen LogP contribution >= 0.6 is 0 Å². The molecule has 12 aromatic rings. The van der Waals surface area contributed by atoms with Crippen LogP contribution in [0.25, 0.3) is 112 Å². The summed E-state index contributed by atoms with van der Waals surface area (Å²) in [5.41, 5.74) is 11.8. The van der Waals surface area contributed by atoms with Crippen molar-refractivity contribution in [1.82, 2.24) is 34.1 Å². The van der Waals surface area contributed by atoms with Crippen LogP contribution in [0.3, 0.4) is 0 Å². The molecule has 8 aromatic carbocycles.